The van der Waals surface area contributed by atoms with E-state index in [4.69, 9.17) is 18.6 Å². The van der Waals surface area contributed by atoms with Crippen LogP contribution in [-0.4, -0.2) is 63.4 Å². The normalized spacial score (nSPS) is 14.7. The molecule has 1 aromatic carbocycles. The summed E-state index contributed by atoms with van der Waals surface area (Å²) in [6.45, 7) is 4.93. The van der Waals surface area contributed by atoms with Crippen LogP contribution in [0.5, 0.6) is 23.0 Å². The van der Waals surface area contributed by atoms with Crippen LogP contribution in [0.2, 0.25) is 0 Å². The summed E-state index contributed by atoms with van der Waals surface area (Å²) in [6, 6.07) is 4.73. The van der Waals surface area contributed by atoms with Crippen LogP contribution in [-0.2, 0) is 4.79 Å². The Hall–Kier alpha value is -3.20. The molecule has 1 amide bonds. The number of ether oxygens (including phenoxy) is 3. The molecule has 2 N–H and O–H groups in total. The molecule has 1 saturated heterocycles. The minimum absolute atomic E-state index is 0.0131. The lowest BCUT2D eigenvalue weighted by Crippen LogP contribution is -2.34. The summed E-state index contributed by atoms with van der Waals surface area (Å²) in [5.74, 6) is 0.0229. The van der Waals surface area contributed by atoms with Gasteiger partial charge in [-0.2, -0.15) is 0 Å². The molecule has 0 radical (unpaired) electrons. The van der Waals surface area contributed by atoms with Gasteiger partial charge in [0.2, 0.25) is 11.7 Å². The summed E-state index contributed by atoms with van der Waals surface area (Å²) in [4.78, 5) is 28.0. The summed E-state index contributed by atoms with van der Waals surface area (Å²) < 4.78 is 21.7. The van der Waals surface area contributed by atoms with Crippen LogP contribution >= 0.6 is 0 Å². The van der Waals surface area contributed by atoms with Crippen molar-refractivity contribution < 1.29 is 28.5 Å². The first-order chi connectivity index (χ1) is 15.9. The second kappa shape index (κ2) is 11.1. The molecule has 180 valence electrons. The van der Waals surface area contributed by atoms with Crippen molar-refractivity contribution in [1.29, 1.82) is 0 Å². The number of methoxy groups -OCH3 is 3. The predicted octanol–water partition coefficient (Wildman–Crippen LogP) is 2.41. The van der Waals surface area contributed by atoms with E-state index in [2.05, 4.69) is 10.2 Å². The minimum Gasteiger partial charge on any atom is -0.507 e. The van der Waals surface area contributed by atoms with Crippen LogP contribution in [0.3, 0.4) is 0 Å². The lowest BCUT2D eigenvalue weighted by atomic mass is 9.87. The number of hydrogen-bond acceptors (Lipinski definition) is 8. The first-order valence-electron chi connectivity index (χ1n) is 11.0. The second-order valence-electron chi connectivity index (χ2n) is 8.02. The molecule has 1 atom stereocenters. The average Bonchev–Trinajstić information content (AvgIpc) is 3.30. The Balaban J connectivity index is 1.96. The molecule has 3 rings (SSSR count). The van der Waals surface area contributed by atoms with E-state index < -0.39 is 11.5 Å². The molecule has 1 aliphatic rings. The van der Waals surface area contributed by atoms with Crippen molar-refractivity contribution in [3.63, 3.8) is 0 Å². The Bertz CT molecular complexity index is 1030. The number of carbonyl (C=O) groups is 1. The fourth-order valence-corrected chi connectivity index (χ4v) is 4.31. The van der Waals surface area contributed by atoms with Gasteiger partial charge in [0.25, 0.3) is 0 Å². The van der Waals surface area contributed by atoms with Crippen molar-refractivity contribution in [1.82, 2.24) is 10.2 Å². The average molecular weight is 461 g/mol. The van der Waals surface area contributed by atoms with Crippen LogP contribution in [0, 0.1) is 6.92 Å². The van der Waals surface area contributed by atoms with Crippen molar-refractivity contribution in [2.75, 3.05) is 47.5 Å². The fourth-order valence-electron chi connectivity index (χ4n) is 4.31. The number of aryl methyl sites for hydroxylation is 1. The van der Waals surface area contributed by atoms with Gasteiger partial charge in [0.1, 0.15) is 11.5 Å². The number of carbonyl (C=O) groups excluding carboxylic acids is 1. The number of amides is 1. The van der Waals surface area contributed by atoms with E-state index in [1.165, 1.54) is 40.2 Å². The standard InChI is InChI=1S/C24H32N2O7/c1-15-13-18(27)21(24(29)33-15)17(14-20(28)25-9-12-26-10-5-6-11-26)16-7-8-19(30-2)23(32-4)22(16)31-3/h7-8,13,17,27H,5-6,9-12,14H2,1-4H3,(H,25,28)/t17-/m1/s1. The van der Waals surface area contributed by atoms with E-state index in [1.807, 2.05) is 0 Å². The molecule has 1 aliphatic heterocycles. The van der Waals surface area contributed by atoms with Gasteiger partial charge in [0.15, 0.2) is 11.5 Å². The fraction of sp³-hybridized carbons (Fsp3) is 0.500. The van der Waals surface area contributed by atoms with E-state index >= 15 is 0 Å². The van der Waals surface area contributed by atoms with E-state index in [0.29, 0.717) is 29.4 Å². The summed E-state index contributed by atoms with van der Waals surface area (Å²) in [6.07, 6.45) is 2.27. The highest BCUT2D eigenvalue weighted by molar-refractivity contribution is 5.78. The van der Waals surface area contributed by atoms with Crippen LogP contribution in [0.15, 0.2) is 27.4 Å². The smallest absolute Gasteiger partial charge is 0.343 e. The van der Waals surface area contributed by atoms with Gasteiger partial charge in [-0.3, -0.25) is 4.79 Å². The van der Waals surface area contributed by atoms with Crippen molar-refractivity contribution in [2.45, 2.75) is 32.1 Å². The van der Waals surface area contributed by atoms with Gasteiger partial charge >= 0.3 is 5.63 Å². The molecule has 1 aromatic heterocycles. The summed E-state index contributed by atoms with van der Waals surface area (Å²) in [5.41, 5.74) is -0.226. The third-order valence-corrected chi connectivity index (χ3v) is 5.89. The van der Waals surface area contributed by atoms with Gasteiger partial charge in [-0.05, 0) is 38.9 Å². The number of likely N-dealkylation sites (tertiary alicyclic amines) is 1. The maximum Gasteiger partial charge on any atom is 0.343 e. The molecule has 0 unspecified atom stereocenters. The number of nitrogens with one attached hydrogen (secondary N) is 1. The lowest BCUT2D eigenvalue weighted by Gasteiger charge is -2.23. The monoisotopic (exact) mass is 460 g/mol. The summed E-state index contributed by atoms with van der Waals surface area (Å²) >= 11 is 0. The maximum absolute atomic E-state index is 12.9. The quantitative estimate of drug-likeness (QED) is 0.556. The van der Waals surface area contributed by atoms with Crippen molar-refractivity contribution in [3.8, 4) is 23.0 Å². The first-order valence-corrected chi connectivity index (χ1v) is 11.0. The maximum atomic E-state index is 12.9. The number of benzene rings is 1. The van der Waals surface area contributed by atoms with Crippen molar-refractivity contribution in [2.24, 2.45) is 0 Å². The number of nitrogens with zero attached hydrogens (tertiary/aromatic N) is 1. The van der Waals surface area contributed by atoms with Crippen molar-refractivity contribution in [3.05, 3.63) is 45.5 Å². The van der Waals surface area contributed by atoms with Crippen LogP contribution in [0.25, 0.3) is 0 Å². The van der Waals surface area contributed by atoms with Crippen molar-refractivity contribution >= 4 is 5.91 Å². The first kappa shape index (κ1) is 24.4. The Labute approximate surface area is 193 Å². The van der Waals surface area contributed by atoms with Gasteiger partial charge in [-0.1, -0.05) is 6.07 Å². The van der Waals surface area contributed by atoms with Gasteiger partial charge < -0.3 is 34.0 Å². The van der Waals surface area contributed by atoms with Gasteiger partial charge in [-0.15, -0.1) is 0 Å². The van der Waals surface area contributed by atoms with E-state index in [0.717, 1.165) is 19.6 Å². The SMILES string of the molecule is COc1ccc([C@@H](CC(=O)NCCN2CCCC2)c2c(O)cc(C)oc2=O)c(OC)c1OC. The number of rotatable bonds is 10. The Kier molecular flexibility index (Phi) is 8.21. The van der Waals surface area contributed by atoms with E-state index in [9.17, 15) is 14.7 Å². The third-order valence-electron chi connectivity index (χ3n) is 5.89. The highest BCUT2D eigenvalue weighted by Crippen LogP contribution is 2.45. The molecule has 33 heavy (non-hydrogen) atoms. The third kappa shape index (κ3) is 5.60. The Morgan fingerprint density at radius 2 is 1.85 bits per heavy atom. The molecule has 9 heteroatoms. The molecule has 0 saturated carbocycles. The van der Waals surface area contributed by atoms with Gasteiger partial charge in [0, 0.05) is 37.1 Å². The number of hydrogen-bond donors (Lipinski definition) is 2. The van der Waals surface area contributed by atoms with Gasteiger partial charge in [0.05, 0.1) is 26.9 Å². The zero-order chi connectivity index (χ0) is 24.0. The second-order valence-corrected chi connectivity index (χ2v) is 8.02. The van der Waals surface area contributed by atoms with Gasteiger partial charge in [-0.25, -0.2) is 4.79 Å². The zero-order valence-corrected chi connectivity index (χ0v) is 19.6. The Morgan fingerprint density at radius 3 is 2.45 bits per heavy atom. The predicted molar refractivity (Wildman–Crippen MR) is 123 cm³/mol. The highest BCUT2D eigenvalue weighted by Gasteiger charge is 2.30. The molecular formula is C24H32N2O7. The molecule has 0 bridgehead atoms. The minimum atomic E-state index is -0.830. The molecular weight excluding hydrogens is 428 g/mol. The molecule has 1 fully saturated rings. The van der Waals surface area contributed by atoms with Crippen LogP contribution < -0.4 is 25.2 Å². The van der Waals surface area contributed by atoms with E-state index in [-0.39, 0.29) is 29.4 Å². The lowest BCUT2D eigenvalue weighted by molar-refractivity contribution is -0.121. The molecule has 0 spiro atoms. The highest BCUT2D eigenvalue weighted by atomic mass is 16.5. The summed E-state index contributed by atoms with van der Waals surface area (Å²) in [5, 5.41) is 13.6. The van der Waals surface area contributed by atoms with Crippen LogP contribution in [0.4, 0.5) is 0 Å². The summed E-state index contributed by atoms with van der Waals surface area (Å²) in [7, 11) is 4.44. The zero-order valence-electron chi connectivity index (χ0n) is 19.6. The van der Waals surface area contributed by atoms with E-state index in [1.54, 1.807) is 19.1 Å². The van der Waals surface area contributed by atoms with Crippen LogP contribution in [0.1, 0.15) is 42.1 Å². The molecule has 9 nitrogen and oxygen atoms in total. The largest absolute Gasteiger partial charge is 0.507 e. The molecule has 2 heterocycles. The number of aromatic hydroxyl groups is 1. The topological polar surface area (TPSA) is 110 Å². The molecule has 2 aromatic rings. The molecule has 0 aliphatic carbocycles. The Morgan fingerprint density at radius 1 is 1.15 bits per heavy atom.